The lowest BCUT2D eigenvalue weighted by atomic mass is 10.1. The van der Waals surface area contributed by atoms with Crippen LogP contribution in [0, 0.1) is 13.8 Å². The standard InChI is InChI=1S/C19H20ClN5OS/c1-11-5-6-13(9-12(11)2)10-21-19-24-16-15(27-19)14(22-18(20)23-16)17(26)25-7-3-4-8-25/h5-6,9H,3-4,7-8,10H2,1-2H3,(H,21,22,23,24). The zero-order chi connectivity index (χ0) is 19.0. The molecule has 2 aromatic heterocycles. The highest BCUT2D eigenvalue weighted by Crippen LogP contribution is 2.30. The number of carbonyl (C=O) groups excluding carboxylic acids is 1. The molecule has 27 heavy (non-hydrogen) atoms. The summed E-state index contributed by atoms with van der Waals surface area (Å²) in [5, 5.41) is 4.08. The molecule has 3 heterocycles. The number of thiazole rings is 1. The van der Waals surface area contributed by atoms with E-state index in [1.807, 2.05) is 4.90 Å². The summed E-state index contributed by atoms with van der Waals surface area (Å²) in [5.74, 6) is -0.0915. The number of amides is 1. The van der Waals surface area contributed by atoms with Gasteiger partial charge in [0.25, 0.3) is 5.91 Å². The predicted octanol–water partition coefficient (Wildman–Crippen LogP) is 4.20. The van der Waals surface area contributed by atoms with Gasteiger partial charge < -0.3 is 10.2 Å². The minimum absolute atomic E-state index is 0.0519. The molecule has 0 aliphatic carbocycles. The Labute approximate surface area is 166 Å². The van der Waals surface area contributed by atoms with Crippen LogP contribution in [0.15, 0.2) is 18.2 Å². The maximum absolute atomic E-state index is 12.8. The fourth-order valence-electron chi connectivity index (χ4n) is 3.18. The molecule has 1 aliphatic rings. The minimum atomic E-state index is -0.0915. The molecule has 0 bridgehead atoms. The second-order valence-corrected chi connectivity index (χ2v) is 8.12. The van der Waals surface area contributed by atoms with E-state index in [-0.39, 0.29) is 11.2 Å². The molecule has 0 radical (unpaired) electrons. The molecule has 0 atom stereocenters. The molecule has 0 saturated carbocycles. The fourth-order valence-corrected chi connectivity index (χ4v) is 4.23. The third kappa shape index (κ3) is 3.75. The minimum Gasteiger partial charge on any atom is -0.357 e. The van der Waals surface area contributed by atoms with Crippen LogP contribution in [0.3, 0.4) is 0 Å². The third-order valence-electron chi connectivity index (χ3n) is 4.84. The smallest absolute Gasteiger partial charge is 0.274 e. The quantitative estimate of drug-likeness (QED) is 0.663. The largest absolute Gasteiger partial charge is 0.357 e. The highest BCUT2D eigenvalue weighted by atomic mass is 35.5. The first-order chi connectivity index (χ1) is 13.0. The van der Waals surface area contributed by atoms with Crippen molar-refractivity contribution in [2.45, 2.75) is 33.2 Å². The molecule has 8 heteroatoms. The van der Waals surface area contributed by atoms with Crippen LogP contribution >= 0.6 is 22.9 Å². The Morgan fingerprint density at radius 1 is 1.19 bits per heavy atom. The lowest BCUT2D eigenvalue weighted by Gasteiger charge is -2.14. The van der Waals surface area contributed by atoms with Crippen LogP contribution in [0.25, 0.3) is 10.3 Å². The predicted molar refractivity (Wildman–Crippen MR) is 109 cm³/mol. The first-order valence-electron chi connectivity index (χ1n) is 8.94. The molecule has 1 aromatic carbocycles. The topological polar surface area (TPSA) is 71.0 Å². The normalized spacial score (nSPS) is 14.1. The number of anilines is 1. The molecule has 1 saturated heterocycles. The number of likely N-dealkylation sites (tertiary alicyclic amines) is 1. The number of hydrogen-bond acceptors (Lipinski definition) is 6. The van der Waals surface area contributed by atoms with Crippen molar-refractivity contribution >= 4 is 44.3 Å². The van der Waals surface area contributed by atoms with Gasteiger partial charge in [-0.2, -0.15) is 9.97 Å². The molecular weight excluding hydrogens is 382 g/mol. The summed E-state index contributed by atoms with van der Waals surface area (Å²) in [5.41, 5.74) is 4.52. The van der Waals surface area contributed by atoms with Gasteiger partial charge in [0.1, 0.15) is 4.70 Å². The summed E-state index contributed by atoms with van der Waals surface area (Å²) in [6.45, 7) is 6.38. The van der Waals surface area contributed by atoms with Crippen LogP contribution in [0.4, 0.5) is 5.13 Å². The Morgan fingerprint density at radius 3 is 2.70 bits per heavy atom. The zero-order valence-corrected chi connectivity index (χ0v) is 16.8. The van der Waals surface area contributed by atoms with Gasteiger partial charge in [0.15, 0.2) is 16.5 Å². The summed E-state index contributed by atoms with van der Waals surface area (Å²) in [6.07, 6.45) is 2.05. The van der Waals surface area contributed by atoms with Gasteiger partial charge in [-0.1, -0.05) is 29.5 Å². The molecular formula is C19H20ClN5OS. The van der Waals surface area contributed by atoms with Crippen molar-refractivity contribution in [3.63, 3.8) is 0 Å². The van der Waals surface area contributed by atoms with Crippen molar-refractivity contribution in [1.82, 2.24) is 19.9 Å². The SMILES string of the molecule is Cc1ccc(CNc2nc3nc(Cl)nc(C(=O)N4CCCC4)c3s2)cc1C. The fraction of sp³-hybridized carbons (Fsp3) is 0.368. The van der Waals surface area contributed by atoms with Crippen LogP contribution in [0.5, 0.6) is 0 Å². The molecule has 4 rings (SSSR count). The van der Waals surface area contributed by atoms with E-state index in [4.69, 9.17) is 11.6 Å². The van der Waals surface area contributed by atoms with Crippen molar-refractivity contribution in [2.75, 3.05) is 18.4 Å². The van der Waals surface area contributed by atoms with E-state index in [0.717, 1.165) is 25.9 Å². The number of hydrogen-bond donors (Lipinski definition) is 1. The molecule has 0 spiro atoms. The third-order valence-corrected chi connectivity index (χ3v) is 6.02. The molecule has 1 amide bonds. The van der Waals surface area contributed by atoms with Crippen LogP contribution in [0.1, 0.15) is 40.0 Å². The van der Waals surface area contributed by atoms with E-state index >= 15 is 0 Å². The first-order valence-corrected chi connectivity index (χ1v) is 10.1. The maximum atomic E-state index is 12.8. The average Bonchev–Trinajstić information content (AvgIpc) is 3.31. The van der Waals surface area contributed by atoms with E-state index in [9.17, 15) is 4.79 Å². The number of benzene rings is 1. The number of halogens is 1. The number of fused-ring (bicyclic) bond motifs is 1. The van der Waals surface area contributed by atoms with E-state index in [0.29, 0.717) is 27.7 Å². The second-order valence-electron chi connectivity index (χ2n) is 6.78. The van der Waals surface area contributed by atoms with Gasteiger partial charge in [0.2, 0.25) is 5.28 Å². The lowest BCUT2D eigenvalue weighted by molar-refractivity contribution is 0.0789. The van der Waals surface area contributed by atoms with Gasteiger partial charge in [-0.25, -0.2) is 4.98 Å². The number of aryl methyl sites for hydroxylation is 2. The number of rotatable bonds is 4. The Hall–Kier alpha value is -2.25. The second kappa shape index (κ2) is 7.40. The van der Waals surface area contributed by atoms with Crippen LogP contribution in [-0.2, 0) is 6.54 Å². The molecule has 140 valence electrons. The van der Waals surface area contributed by atoms with E-state index in [1.54, 1.807) is 0 Å². The van der Waals surface area contributed by atoms with Crippen molar-refractivity contribution in [1.29, 1.82) is 0 Å². The zero-order valence-electron chi connectivity index (χ0n) is 15.3. The summed E-state index contributed by atoms with van der Waals surface area (Å²) in [6, 6.07) is 6.37. The van der Waals surface area contributed by atoms with Crippen LogP contribution in [-0.4, -0.2) is 38.8 Å². The Balaban J connectivity index is 1.60. The van der Waals surface area contributed by atoms with Crippen molar-refractivity contribution in [3.8, 4) is 0 Å². The van der Waals surface area contributed by atoms with Gasteiger partial charge >= 0.3 is 0 Å². The highest BCUT2D eigenvalue weighted by molar-refractivity contribution is 7.22. The maximum Gasteiger partial charge on any atom is 0.274 e. The number of carbonyl (C=O) groups is 1. The summed E-state index contributed by atoms with van der Waals surface area (Å²) >= 11 is 7.43. The van der Waals surface area contributed by atoms with E-state index in [2.05, 4.69) is 52.3 Å². The van der Waals surface area contributed by atoms with Gasteiger partial charge in [0.05, 0.1) is 0 Å². The van der Waals surface area contributed by atoms with Gasteiger partial charge in [-0.15, -0.1) is 0 Å². The van der Waals surface area contributed by atoms with Crippen molar-refractivity contribution < 1.29 is 4.79 Å². The Bertz CT molecular complexity index is 1010. The Kier molecular flexibility index (Phi) is 4.97. The monoisotopic (exact) mass is 401 g/mol. The molecule has 6 nitrogen and oxygen atoms in total. The summed E-state index contributed by atoms with van der Waals surface area (Å²) in [7, 11) is 0. The molecule has 1 aliphatic heterocycles. The average molecular weight is 402 g/mol. The van der Waals surface area contributed by atoms with Gasteiger partial charge in [-0.3, -0.25) is 4.79 Å². The Morgan fingerprint density at radius 2 is 1.96 bits per heavy atom. The van der Waals surface area contributed by atoms with Crippen LogP contribution < -0.4 is 5.32 Å². The lowest BCUT2D eigenvalue weighted by Crippen LogP contribution is -2.28. The van der Waals surface area contributed by atoms with Gasteiger partial charge in [0, 0.05) is 19.6 Å². The molecule has 1 fully saturated rings. The van der Waals surface area contributed by atoms with Crippen LogP contribution in [0.2, 0.25) is 5.28 Å². The van der Waals surface area contributed by atoms with Crippen molar-refractivity contribution in [2.24, 2.45) is 0 Å². The number of nitrogens with one attached hydrogen (secondary N) is 1. The first kappa shape index (κ1) is 18.1. The summed E-state index contributed by atoms with van der Waals surface area (Å²) in [4.78, 5) is 27.5. The molecule has 0 unspecified atom stereocenters. The van der Waals surface area contributed by atoms with E-state index in [1.165, 1.54) is 28.0 Å². The van der Waals surface area contributed by atoms with Gasteiger partial charge in [-0.05, 0) is 55.0 Å². The number of aromatic nitrogens is 3. The number of nitrogens with zero attached hydrogens (tertiary/aromatic N) is 4. The molecule has 3 aromatic rings. The van der Waals surface area contributed by atoms with Crippen molar-refractivity contribution in [3.05, 3.63) is 45.9 Å². The molecule has 1 N–H and O–H groups in total. The highest BCUT2D eigenvalue weighted by Gasteiger charge is 2.25. The van der Waals surface area contributed by atoms with E-state index < -0.39 is 0 Å². The summed E-state index contributed by atoms with van der Waals surface area (Å²) < 4.78 is 0.680.